The fraction of sp³-hybridized carbons (Fsp3) is 0.684. The lowest BCUT2D eigenvalue weighted by molar-refractivity contribution is -0.134. The number of aromatic nitrogens is 1. The molecule has 1 saturated heterocycles. The Labute approximate surface area is 145 Å². The second-order valence-electron chi connectivity index (χ2n) is 8.13. The highest BCUT2D eigenvalue weighted by Gasteiger charge is 2.25. The van der Waals surface area contributed by atoms with Crippen molar-refractivity contribution in [2.75, 3.05) is 26.2 Å². The van der Waals surface area contributed by atoms with Crippen molar-refractivity contribution in [3.05, 3.63) is 23.0 Å². The third-order valence-electron chi connectivity index (χ3n) is 4.48. The highest BCUT2D eigenvalue weighted by atomic mass is 16.2. The van der Waals surface area contributed by atoms with Crippen LogP contribution in [0.4, 0.5) is 0 Å². The van der Waals surface area contributed by atoms with Crippen LogP contribution < -0.4 is 0 Å². The normalized spacial score (nSPS) is 16.2. The van der Waals surface area contributed by atoms with Gasteiger partial charge in [0.25, 0.3) is 0 Å². The van der Waals surface area contributed by atoms with E-state index in [2.05, 4.69) is 25.8 Å². The Bertz CT molecular complexity index is 598. The number of nitrogens with one attached hydrogen (secondary N) is 1. The predicted molar refractivity (Wildman–Crippen MR) is 95.8 cm³/mol. The molecule has 2 amide bonds. The van der Waals surface area contributed by atoms with Crippen molar-refractivity contribution < 1.29 is 9.59 Å². The van der Waals surface area contributed by atoms with Crippen molar-refractivity contribution in [1.29, 1.82) is 0 Å². The molecule has 2 heterocycles. The van der Waals surface area contributed by atoms with Gasteiger partial charge in [0.1, 0.15) is 0 Å². The minimum atomic E-state index is 0.00254. The summed E-state index contributed by atoms with van der Waals surface area (Å²) in [7, 11) is 0. The number of amides is 2. The number of nitrogens with zero attached hydrogens (tertiary/aromatic N) is 2. The topological polar surface area (TPSA) is 56.4 Å². The Kier molecular flexibility index (Phi) is 5.73. The molecule has 0 atom stereocenters. The van der Waals surface area contributed by atoms with Crippen LogP contribution in [0.25, 0.3) is 0 Å². The minimum absolute atomic E-state index is 0.00254. The average Bonchev–Trinajstić information content (AvgIpc) is 2.66. The predicted octanol–water partition coefficient (Wildman–Crippen LogP) is 2.67. The van der Waals surface area contributed by atoms with E-state index in [4.69, 9.17) is 0 Å². The molecule has 1 aliphatic rings. The molecule has 0 spiro atoms. The van der Waals surface area contributed by atoms with Crippen molar-refractivity contribution in [2.24, 2.45) is 5.41 Å². The second-order valence-corrected chi connectivity index (χ2v) is 8.13. The van der Waals surface area contributed by atoms with Crippen LogP contribution in [0.1, 0.15) is 50.6 Å². The Hall–Kier alpha value is -1.78. The minimum Gasteiger partial charge on any atom is -0.362 e. The Morgan fingerprint density at radius 2 is 1.62 bits per heavy atom. The van der Waals surface area contributed by atoms with Crippen LogP contribution in [0.5, 0.6) is 0 Å². The molecule has 1 N–H and O–H groups in total. The SMILES string of the molecule is Cc1cc(CC(=O)N2CCCN(C(=O)CC(C)(C)C)CC2)c(C)[nH]1. The van der Waals surface area contributed by atoms with E-state index in [1.54, 1.807) is 0 Å². The quantitative estimate of drug-likeness (QED) is 0.924. The summed E-state index contributed by atoms with van der Waals surface area (Å²) >= 11 is 0. The van der Waals surface area contributed by atoms with Crippen molar-refractivity contribution >= 4 is 11.8 Å². The molecule has 1 fully saturated rings. The van der Waals surface area contributed by atoms with E-state index >= 15 is 0 Å². The van der Waals surface area contributed by atoms with Gasteiger partial charge in [0.05, 0.1) is 6.42 Å². The van der Waals surface area contributed by atoms with Crippen molar-refractivity contribution in [3.8, 4) is 0 Å². The standard InChI is InChI=1S/C19H31N3O2/c1-14-11-16(15(2)20-14)12-17(23)21-7-6-8-22(10-9-21)18(24)13-19(3,4)5/h11,20H,6-10,12-13H2,1-5H3. The molecule has 5 heteroatoms. The van der Waals surface area contributed by atoms with Gasteiger partial charge in [-0.2, -0.15) is 0 Å². The smallest absolute Gasteiger partial charge is 0.227 e. The first kappa shape index (κ1) is 18.6. The highest BCUT2D eigenvalue weighted by molar-refractivity contribution is 5.80. The van der Waals surface area contributed by atoms with Crippen LogP contribution in [-0.2, 0) is 16.0 Å². The maximum atomic E-state index is 12.6. The van der Waals surface area contributed by atoms with Gasteiger partial charge in [-0.15, -0.1) is 0 Å². The molecule has 0 aromatic carbocycles. The largest absolute Gasteiger partial charge is 0.362 e. The zero-order chi connectivity index (χ0) is 17.9. The van der Waals surface area contributed by atoms with Crippen molar-refractivity contribution in [1.82, 2.24) is 14.8 Å². The molecule has 0 saturated carbocycles. The Morgan fingerprint density at radius 1 is 1.04 bits per heavy atom. The fourth-order valence-corrected chi connectivity index (χ4v) is 3.22. The van der Waals surface area contributed by atoms with E-state index in [0.29, 0.717) is 25.9 Å². The third kappa shape index (κ3) is 5.11. The number of hydrogen-bond donors (Lipinski definition) is 1. The fourth-order valence-electron chi connectivity index (χ4n) is 3.22. The number of rotatable bonds is 3. The third-order valence-corrected chi connectivity index (χ3v) is 4.48. The van der Waals surface area contributed by atoms with Crippen molar-refractivity contribution in [2.45, 2.75) is 53.9 Å². The van der Waals surface area contributed by atoms with Gasteiger partial charge in [-0.05, 0) is 37.3 Å². The summed E-state index contributed by atoms with van der Waals surface area (Å²) < 4.78 is 0. The molecule has 1 aromatic rings. The second kappa shape index (κ2) is 7.41. The molecule has 0 unspecified atom stereocenters. The zero-order valence-electron chi connectivity index (χ0n) is 15.7. The number of carbonyl (C=O) groups excluding carboxylic acids is 2. The van der Waals surface area contributed by atoms with E-state index in [1.165, 1.54) is 0 Å². The molecule has 0 radical (unpaired) electrons. The molecule has 1 aliphatic heterocycles. The monoisotopic (exact) mass is 333 g/mol. The molecule has 1 aromatic heterocycles. The summed E-state index contributed by atoms with van der Waals surface area (Å²) in [5, 5.41) is 0. The van der Waals surface area contributed by atoms with Gasteiger partial charge in [-0.25, -0.2) is 0 Å². The lowest BCUT2D eigenvalue weighted by atomic mass is 9.91. The first-order valence-electron chi connectivity index (χ1n) is 8.86. The van der Waals surface area contributed by atoms with Crippen LogP contribution in [0.2, 0.25) is 0 Å². The number of aromatic amines is 1. The molecule has 5 nitrogen and oxygen atoms in total. The highest BCUT2D eigenvalue weighted by Crippen LogP contribution is 2.20. The average molecular weight is 333 g/mol. The summed E-state index contributed by atoms with van der Waals surface area (Å²) in [6.45, 7) is 13.0. The van der Waals surface area contributed by atoms with E-state index in [9.17, 15) is 9.59 Å². The zero-order valence-corrected chi connectivity index (χ0v) is 15.7. The molecule has 0 aliphatic carbocycles. The van der Waals surface area contributed by atoms with Crippen LogP contribution >= 0.6 is 0 Å². The van der Waals surface area contributed by atoms with Gasteiger partial charge in [-0.1, -0.05) is 20.8 Å². The van der Waals surface area contributed by atoms with E-state index < -0.39 is 0 Å². The summed E-state index contributed by atoms with van der Waals surface area (Å²) in [5.74, 6) is 0.358. The van der Waals surface area contributed by atoms with Crippen LogP contribution in [0.3, 0.4) is 0 Å². The van der Waals surface area contributed by atoms with E-state index in [-0.39, 0.29) is 17.2 Å². The maximum absolute atomic E-state index is 12.6. The molecular weight excluding hydrogens is 302 g/mol. The molecule has 2 rings (SSSR count). The molecule has 0 bridgehead atoms. The van der Waals surface area contributed by atoms with Gasteiger partial charge in [0.15, 0.2) is 0 Å². The Balaban J connectivity index is 1.91. The number of aryl methyl sites for hydroxylation is 2. The lowest BCUT2D eigenvalue weighted by Crippen LogP contribution is -2.38. The van der Waals surface area contributed by atoms with Crippen LogP contribution in [0, 0.1) is 19.3 Å². The lowest BCUT2D eigenvalue weighted by Gasteiger charge is -2.25. The summed E-state index contributed by atoms with van der Waals surface area (Å²) in [5.41, 5.74) is 3.23. The summed E-state index contributed by atoms with van der Waals surface area (Å²) in [4.78, 5) is 32.1. The molecular formula is C19H31N3O2. The summed E-state index contributed by atoms with van der Waals surface area (Å²) in [6, 6.07) is 2.05. The number of H-pyrrole nitrogens is 1. The molecule has 24 heavy (non-hydrogen) atoms. The van der Waals surface area contributed by atoms with Crippen LogP contribution in [0.15, 0.2) is 6.07 Å². The van der Waals surface area contributed by atoms with Gasteiger partial charge in [-0.3, -0.25) is 9.59 Å². The van der Waals surface area contributed by atoms with Gasteiger partial charge < -0.3 is 14.8 Å². The number of hydrogen-bond acceptors (Lipinski definition) is 2. The first-order valence-corrected chi connectivity index (χ1v) is 8.86. The van der Waals surface area contributed by atoms with Crippen LogP contribution in [-0.4, -0.2) is 52.8 Å². The summed E-state index contributed by atoms with van der Waals surface area (Å²) in [6.07, 6.45) is 1.85. The van der Waals surface area contributed by atoms with E-state index in [0.717, 1.165) is 36.5 Å². The van der Waals surface area contributed by atoms with E-state index in [1.807, 2.05) is 29.7 Å². The van der Waals surface area contributed by atoms with Gasteiger partial charge in [0, 0.05) is 44.0 Å². The number of carbonyl (C=O) groups is 2. The molecule has 134 valence electrons. The van der Waals surface area contributed by atoms with Crippen molar-refractivity contribution in [3.63, 3.8) is 0 Å². The van der Waals surface area contributed by atoms with Gasteiger partial charge in [0.2, 0.25) is 11.8 Å². The maximum Gasteiger partial charge on any atom is 0.227 e. The first-order chi connectivity index (χ1) is 11.2. The Morgan fingerprint density at radius 3 is 2.12 bits per heavy atom. The van der Waals surface area contributed by atoms with Gasteiger partial charge >= 0.3 is 0 Å².